The summed E-state index contributed by atoms with van der Waals surface area (Å²) in [5.74, 6) is -0.822. The highest BCUT2D eigenvalue weighted by Gasteiger charge is 2.21. The van der Waals surface area contributed by atoms with Gasteiger partial charge in [0.25, 0.3) is 0 Å². The number of hydrazone groups is 1. The fourth-order valence-electron chi connectivity index (χ4n) is 2.41. The second-order valence-electron chi connectivity index (χ2n) is 6.01. The molecule has 0 heterocycles. The van der Waals surface area contributed by atoms with Crippen molar-refractivity contribution in [1.29, 1.82) is 0 Å². The molecule has 0 aliphatic heterocycles. The zero-order chi connectivity index (χ0) is 20.9. The van der Waals surface area contributed by atoms with Gasteiger partial charge in [0.05, 0.1) is 19.1 Å². The molecule has 2 amide bonds. The highest BCUT2D eigenvalue weighted by molar-refractivity contribution is 6.01. The maximum Gasteiger partial charge on any atom is 0.314 e. The standard InChI is InChI=1S/C20H29N3O5/c1-5-17(20(26)28-7-3)14(4)22-23-19(25)13-12-18(24)21-15-8-10-16(11-9-15)27-6-2/h8-11,17H,5-7,12-13H2,1-4H3,(H,21,24)(H,23,25)/t17-/m0/s1. The molecule has 0 saturated carbocycles. The maximum absolute atomic E-state index is 12.0. The molecular formula is C20H29N3O5. The van der Waals surface area contributed by atoms with E-state index in [1.807, 2.05) is 13.8 Å². The van der Waals surface area contributed by atoms with Crippen molar-refractivity contribution in [3.63, 3.8) is 0 Å². The number of rotatable bonds is 11. The molecule has 0 aromatic heterocycles. The lowest BCUT2D eigenvalue weighted by Crippen LogP contribution is -2.27. The predicted molar refractivity (Wildman–Crippen MR) is 107 cm³/mol. The molecule has 1 aromatic carbocycles. The zero-order valence-electron chi connectivity index (χ0n) is 16.9. The highest BCUT2D eigenvalue weighted by atomic mass is 16.5. The number of amides is 2. The van der Waals surface area contributed by atoms with Gasteiger partial charge in [0, 0.05) is 24.2 Å². The van der Waals surface area contributed by atoms with E-state index in [0.29, 0.717) is 31.0 Å². The quantitative estimate of drug-likeness (QED) is 0.343. The predicted octanol–water partition coefficient (Wildman–Crippen LogP) is 2.89. The summed E-state index contributed by atoms with van der Waals surface area (Å²) in [7, 11) is 0. The van der Waals surface area contributed by atoms with Crippen molar-refractivity contribution in [3.05, 3.63) is 24.3 Å². The second-order valence-corrected chi connectivity index (χ2v) is 6.01. The van der Waals surface area contributed by atoms with Crippen molar-refractivity contribution < 1.29 is 23.9 Å². The van der Waals surface area contributed by atoms with Crippen LogP contribution in [-0.2, 0) is 19.1 Å². The van der Waals surface area contributed by atoms with Crippen LogP contribution in [0.4, 0.5) is 5.69 Å². The number of nitrogens with zero attached hydrogens (tertiary/aromatic N) is 1. The molecule has 0 fully saturated rings. The van der Waals surface area contributed by atoms with E-state index in [1.165, 1.54) is 0 Å². The first-order chi connectivity index (χ1) is 13.4. The lowest BCUT2D eigenvalue weighted by molar-refractivity contribution is -0.145. The van der Waals surface area contributed by atoms with Crippen LogP contribution in [0.25, 0.3) is 0 Å². The van der Waals surface area contributed by atoms with Crippen molar-refractivity contribution in [3.8, 4) is 5.75 Å². The summed E-state index contributed by atoms with van der Waals surface area (Å²) in [6.07, 6.45) is 0.521. The van der Waals surface area contributed by atoms with Gasteiger partial charge in [-0.3, -0.25) is 14.4 Å². The van der Waals surface area contributed by atoms with Crippen LogP contribution in [0.3, 0.4) is 0 Å². The van der Waals surface area contributed by atoms with Gasteiger partial charge in [0.2, 0.25) is 11.8 Å². The summed E-state index contributed by atoms with van der Waals surface area (Å²) < 4.78 is 10.3. The Labute approximate surface area is 165 Å². The molecular weight excluding hydrogens is 362 g/mol. The average Bonchev–Trinajstić information content (AvgIpc) is 2.67. The monoisotopic (exact) mass is 391 g/mol. The molecule has 0 spiro atoms. The first-order valence-corrected chi connectivity index (χ1v) is 9.43. The topological polar surface area (TPSA) is 106 Å². The molecule has 0 aliphatic carbocycles. The molecule has 0 radical (unpaired) electrons. The normalized spacial score (nSPS) is 12.1. The highest BCUT2D eigenvalue weighted by Crippen LogP contribution is 2.16. The fraction of sp³-hybridized carbons (Fsp3) is 0.500. The Bertz CT molecular complexity index is 686. The number of carbonyl (C=O) groups is 3. The maximum atomic E-state index is 12.0. The molecule has 1 rings (SSSR count). The Morgan fingerprint density at radius 3 is 2.21 bits per heavy atom. The Kier molecular flexibility index (Phi) is 10.3. The Morgan fingerprint density at radius 2 is 1.64 bits per heavy atom. The van der Waals surface area contributed by atoms with Gasteiger partial charge < -0.3 is 14.8 Å². The third-order valence-electron chi connectivity index (χ3n) is 3.87. The van der Waals surface area contributed by atoms with E-state index in [2.05, 4.69) is 15.8 Å². The lowest BCUT2D eigenvalue weighted by Gasteiger charge is -2.13. The van der Waals surface area contributed by atoms with Gasteiger partial charge in [-0.15, -0.1) is 0 Å². The van der Waals surface area contributed by atoms with Gasteiger partial charge in [0.1, 0.15) is 5.75 Å². The van der Waals surface area contributed by atoms with Crippen LogP contribution in [0.2, 0.25) is 0 Å². The molecule has 0 aliphatic rings. The van der Waals surface area contributed by atoms with Crippen LogP contribution in [-0.4, -0.2) is 36.7 Å². The molecule has 0 bridgehead atoms. The fourth-order valence-corrected chi connectivity index (χ4v) is 2.41. The molecule has 154 valence electrons. The number of nitrogens with one attached hydrogen (secondary N) is 2. The van der Waals surface area contributed by atoms with Crippen molar-refractivity contribution >= 4 is 29.2 Å². The minimum atomic E-state index is -0.497. The van der Waals surface area contributed by atoms with Gasteiger partial charge in [0.15, 0.2) is 0 Å². The minimum Gasteiger partial charge on any atom is -0.494 e. The SMILES string of the molecule is CCOC(=O)[C@@H](CC)C(C)=NNC(=O)CCC(=O)Nc1ccc(OCC)cc1. The van der Waals surface area contributed by atoms with E-state index < -0.39 is 11.8 Å². The van der Waals surface area contributed by atoms with Gasteiger partial charge in [-0.25, -0.2) is 5.43 Å². The number of anilines is 1. The average molecular weight is 391 g/mol. The summed E-state index contributed by atoms with van der Waals surface area (Å²) in [5, 5.41) is 6.67. The zero-order valence-corrected chi connectivity index (χ0v) is 16.9. The van der Waals surface area contributed by atoms with E-state index in [9.17, 15) is 14.4 Å². The van der Waals surface area contributed by atoms with Crippen molar-refractivity contribution in [2.24, 2.45) is 11.0 Å². The first kappa shape index (κ1) is 23.1. The molecule has 28 heavy (non-hydrogen) atoms. The number of carbonyl (C=O) groups excluding carboxylic acids is 3. The number of ether oxygens (including phenoxy) is 2. The van der Waals surface area contributed by atoms with Crippen LogP contribution in [0.5, 0.6) is 5.75 Å². The smallest absolute Gasteiger partial charge is 0.314 e. The van der Waals surface area contributed by atoms with Crippen molar-refractivity contribution in [2.75, 3.05) is 18.5 Å². The third-order valence-corrected chi connectivity index (χ3v) is 3.87. The summed E-state index contributed by atoms with van der Waals surface area (Å²) in [6, 6.07) is 6.99. The van der Waals surface area contributed by atoms with E-state index in [0.717, 1.165) is 5.75 Å². The number of hydrogen-bond acceptors (Lipinski definition) is 6. The van der Waals surface area contributed by atoms with E-state index in [4.69, 9.17) is 9.47 Å². The molecule has 8 heteroatoms. The molecule has 8 nitrogen and oxygen atoms in total. The van der Waals surface area contributed by atoms with Gasteiger partial charge >= 0.3 is 5.97 Å². The Morgan fingerprint density at radius 1 is 1.00 bits per heavy atom. The number of esters is 1. The molecule has 2 N–H and O–H groups in total. The Balaban J connectivity index is 2.44. The van der Waals surface area contributed by atoms with Crippen LogP contribution in [0.1, 0.15) is 47.0 Å². The van der Waals surface area contributed by atoms with Gasteiger partial charge in [-0.1, -0.05) is 6.92 Å². The van der Waals surface area contributed by atoms with Crippen LogP contribution >= 0.6 is 0 Å². The third kappa shape index (κ3) is 8.20. The van der Waals surface area contributed by atoms with Gasteiger partial charge in [-0.2, -0.15) is 5.10 Å². The number of benzene rings is 1. The van der Waals surface area contributed by atoms with Crippen LogP contribution in [0.15, 0.2) is 29.4 Å². The summed E-state index contributed by atoms with van der Waals surface area (Å²) >= 11 is 0. The lowest BCUT2D eigenvalue weighted by atomic mass is 10.0. The van der Waals surface area contributed by atoms with Crippen LogP contribution in [0, 0.1) is 5.92 Å². The van der Waals surface area contributed by atoms with Crippen LogP contribution < -0.4 is 15.5 Å². The Hall–Kier alpha value is -2.90. The van der Waals surface area contributed by atoms with E-state index in [1.54, 1.807) is 38.1 Å². The summed E-state index contributed by atoms with van der Waals surface area (Å²) in [6.45, 7) is 7.99. The second kappa shape index (κ2) is 12.5. The molecule has 1 aromatic rings. The van der Waals surface area contributed by atoms with Gasteiger partial charge in [-0.05, 0) is 51.5 Å². The van der Waals surface area contributed by atoms with E-state index >= 15 is 0 Å². The van der Waals surface area contributed by atoms with Crippen molar-refractivity contribution in [1.82, 2.24) is 5.43 Å². The molecule has 0 unspecified atom stereocenters. The van der Waals surface area contributed by atoms with Crippen molar-refractivity contribution in [2.45, 2.75) is 47.0 Å². The summed E-state index contributed by atoms with van der Waals surface area (Å²) in [4.78, 5) is 35.7. The summed E-state index contributed by atoms with van der Waals surface area (Å²) in [5.41, 5.74) is 3.47. The minimum absolute atomic E-state index is 0.0166. The first-order valence-electron chi connectivity index (χ1n) is 9.43. The molecule has 1 atom stereocenters. The molecule has 0 saturated heterocycles. The largest absolute Gasteiger partial charge is 0.494 e. The number of hydrogen-bond donors (Lipinski definition) is 2. The van der Waals surface area contributed by atoms with E-state index in [-0.39, 0.29) is 24.7 Å².